The molecule has 1 amide bonds. The van der Waals surface area contributed by atoms with Gasteiger partial charge in [-0.1, -0.05) is 0 Å². The van der Waals surface area contributed by atoms with Gasteiger partial charge in [-0.3, -0.25) is 14.3 Å². The van der Waals surface area contributed by atoms with Gasteiger partial charge in [0.25, 0.3) is 11.5 Å². The first-order chi connectivity index (χ1) is 10.6. The molecule has 1 aliphatic heterocycles. The fourth-order valence-electron chi connectivity index (χ4n) is 2.52. The summed E-state index contributed by atoms with van der Waals surface area (Å²) in [5, 5.41) is 7.01. The summed E-state index contributed by atoms with van der Waals surface area (Å²) in [5.74, 6) is -0.423. The Bertz CT molecular complexity index is 728. The number of aryl methyl sites for hydroxylation is 1. The molecule has 0 aromatic carbocycles. The van der Waals surface area contributed by atoms with Crippen molar-refractivity contribution < 1.29 is 9.53 Å². The second-order valence-electron chi connectivity index (χ2n) is 5.34. The predicted octanol–water partition coefficient (Wildman–Crippen LogP) is 1.19. The number of aromatic nitrogens is 3. The van der Waals surface area contributed by atoms with E-state index in [0.717, 1.165) is 26.1 Å². The van der Waals surface area contributed by atoms with E-state index < -0.39 is 5.91 Å². The lowest BCUT2D eigenvalue weighted by molar-refractivity contribution is 0.0662. The van der Waals surface area contributed by atoms with Crippen molar-refractivity contribution in [3.05, 3.63) is 46.6 Å². The van der Waals surface area contributed by atoms with Crippen molar-refractivity contribution in [3.63, 3.8) is 0 Å². The van der Waals surface area contributed by atoms with Gasteiger partial charge in [0.05, 0.1) is 17.9 Å². The molecule has 2 aromatic rings. The summed E-state index contributed by atoms with van der Waals surface area (Å²) in [5.41, 5.74) is 0.378. The smallest absolute Gasteiger partial charge is 0.263 e. The molecule has 0 aliphatic carbocycles. The van der Waals surface area contributed by atoms with Crippen LogP contribution in [0, 0.1) is 0 Å². The number of hydrogen-bond donors (Lipinski definition) is 1. The minimum Gasteiger partial charge on any atom is -0.381 e. The quantitative estimate of drug-likeness (QED) is 0.923. The van der Waals surface area contributed by atoms with Gasteiger partial charge >= 0.3 is 0 Å². The average molecular weight is 302 g/mol. The molecule has 3 rings (SSSR count). The zero-order chi connectivity index (χ0) is 15.5. The maximum Gasteiger partial charge on any atom is 0.263 e. The van der Waals surface area contributed by atoms with Crippen molar-refractivity contribution in [2.45, 2.75) is 18.9 Å². The summed E-state index contributed by atoms with van der Waals surface area (Å²) < 4.78 is 8.55. The molecule has 7 nitrogen and oxygen atoms in total. The van der Waals surface area contributed by atoms with Crippen molar-refractivity contribution in [3.8, 4) is 0 Å². The van der Waals surface area contributed by atoms with E-state index in [1.807, 2.05) is 4.68 Å². The number of nitrogens with one attached hydrogen (secondary N) is 1. The van der Waals surface area contributed by atoms with E-state index in [4.69, 9.17) is 4.74 Å². The molecule has 1 aliphatic rings. The molecule has 7 heteroatoms. The fraction of sp³-hybridized carbons (Fsp3) is 0.400. The third-order valence-corrected chi connectivity index (χ3v) is 3.79. The van der Waals surface area contributed by atoms with E-state index in [1.165, 1.54) is 10.6 Å². The van der Waals surface area contributed by atoms with Crippen LogP contribution in [0.2, 0.25) is 0 Å². The molecule has 116 valence electrons. The second-order valence-corrected chi connectivity index (χ2v) is 5.34. The Kier molecular flexibility index (Phi) is 4.06. The highest BCUT2D eigenvalue weighted by atomic mass is 16.5. The highest BCUT2D eigenvalue weighted by Crippen LogP contribution is 2.21. The number of hydrogen-bond acceptors (Lipinski definition) is 4. The van der Waals surface area contributed by atoms with Gasteiger partial charge in [0.15, 0.2) is 0 Å². The first kappa shape index (κ1) is 14.5. The van der Waals surface area contributed by atoms with Crippen LogP contribution in [-0.2, 0) is 11.8 Å². The summed E-state index contributed by atoms with van der Waals surface area (Å²) >= 11 is 0. The Labute approximate surface area is 127 Å². The van der Waals surface area contributed by atoms with Crippen molar-refractivity contribution in [1.82, 2.24) is 14.3 Å². The largest absolute Gasteiger partial charge is 0.381 e. The molecule has 0 atom stereocenters. The molecule has 0 bridgehead atoms. The van der Waals surface area contributed by atoms with Crippen LogP contribution in [0.15, 0.2) is 35.5 Å². The van der Waals surface area contributed by atoms with Gasteiger partial charge < -0.3 is 14.6 Å². The molecular weight excluding hydrogens is 284 g/mol. The van der Waals surface area contributed by atoms with Crippen molar-refractivity contribution in [2.24, 2.45) is 7.05 Å². The van der Waals surface area contributed by atoms with Crippen LogP contribution in [0.1, 0.15) is 29.2 Å². The monoisotopic (exact) mass is 302 g/mol. The first-order valence-corrected chi connectivity index (χ1v) is 7.24. The van der Waals surface area contributed by atoms with E-state index in [-0.39, 0.29) is 11.1 Å². The van der Waals surface area contributed by atoms with E-state index in [2.05, 4.69) is 10.4 Å². The Balaban J connectivity index is 1.73. The van der Waals surface area contributed by atoms with Gasteiger partial charge in [-0.25, -0.2) is 0 Å². The number of carbonyl (C=O) groups is 1. The lowest BCUT2D eigenvalue weighted by Crippen LogP contribution is -2.26. The normalized spacial score (nSPS) is 15.7. The van der Waals surface area contributed by atoms with E-state index in [9.17, 15) is 9.59 Å². The van der Waals surface area contributed by atoms with Crippen LogP contribution in [0.5, 0.6) is 0 Å². The van der Waals surface area contributed by atoms with E-state index in [1.54, 1.807) is 31.7 Å². The molecule has 1 N–H and O–H groups in total. The SMILES string of the molecule is Cn1cccc(C(=O)Nc2cnn(C3CCOCC3)c2)c1=O. The summed E-state index contributed by atoms with van der Waals surface area (Å²) in [6.45, 7) is 1.46. The maximum absolute atomic E-state index is 12.2. The molecule has 22 heavy (non-hydrogen) atoms. The van der Waals surface area contributed by atoms with Gasteiger partial charge in [0, 0.05) is 32.7 Å². The minimum atomic E-state index is -0.423. The molecule has 0 radical (unpaired) electrons. The molecule has 1 saturated heterocycles. The Morgan fingerprint density at radius 1 is 1.41 bits per heavy atom. The zero-order valence-electron chi connectivity index (χ0n) is 12.4. The van der Waals surface area contributed by atoms with Crippen LogP contribution in [0.25, 0.3) is 0 Å². The number of anilines is 1. The highest BCUT2D eigenvalue weighted by molar-refractivity contribution is 6.03. The fourth-order valence-corrected chi connectivity index (χ4v) is 2.52. The Morgan fingerprint density at radius 2 is 2.18 bits per heavy atom. The van der Waals surface area contributed by atoms with Gasteiger partial charge in [0.2, 0.25) is 0 Å². The topological polar surface area (TPSA) is 78.2 Å². The highest BCUT2D eigenvalue weighted by Gasteiger charge is 2.17. The van der Waals surface area contributed by atoms with Gasteiger partial charge in [-0.2, -0.15) is 5.10 Å². The van der Waals surface area contributed by atoms with Gasteiger partial charge in [-0.05, 0) is 25.0 Å². The average Bonchev–Trinajstić information content (AvgIpc) is 2.99. The number of carbonyl (C=O) groups excluding carboxylic acids is 1. The van der Waals surface area contributed by atoms with Crippen molar-refractivity contribution in [2.75, 3.05) is 18.5 Å². The number of rotatable bonds is 3. The minimum absolute atomic E-state index is 0.115. The zero-order valence-corrected chi connectivity index (χ0v) is 12.4. The molecule has 1 fully saturated rings. The lowest BCUT2D eigenvalue weighted by Gasteiger charge is -2.22. The molecule has 0 unspecified atom stereocenters. The van der Waals surface area contributed by atoms with Crippen LogP contribution >= 0.6 is 0 Å². The Hall–Kier alpha value is -2.41. The third-order valence-electron chi connectivity index (χ3n) is 3.79. The van der Waals surface area contributed by atoms with E-state index >= 15 is 0 Å². The number of amides is 1. The number of ether oxygens (including phenoxy) is 1. The standard InChI is InChI=1S/C15H18N4O3/c1-18-6-2-3-13(15(18)21)14(20)17-11-9-16-19(10-11)12-4-7-22-8-5-12/h2-3,6,9-10,12H,4-5,7-8H2,1H3,(H,17,20). The second kappa shape index (κ2) is 6.15. The van der Waals surface area contributed by atoms with Crippen molar-refractivity contribution in [1.29, 1.82) is 0 Å². The lowest BCUT2D eigenvalue weighted by atomic mass is 10.1. The van der Waals surface area contributed by atoms with Crippen LogP contribution < -0.4 is 10.9 Å². The van der Waals surface area contributed by atoms with Crippen molar-refractivity contribution >= 4 is 11.6 Å². The molecular formula is C15H18N4O3. The number of nitrogens with zero attached hydrogens (tertiary/aromatic N) is 3. The predicted molar refractivity (Wildman–Crippen MR) is 81.0 cm³/mol. The van der Waals surface area contributed by atoms with Gasteiger partial charge in [0.1, 0.15) is 5.56 Å². The Morgan fingerprint density at radius 3 is 2.95 bits per heavy atom. The van der Waals surface area contributed by atoms with Crippen LogP contribution in [0.3, 0.4) is 0 Å². The molecule has 3 heterocycles. The van der Waals surface area contributed by atoms with Gasteiger partial charge in [-0.15, -0.1) is 0 Å². The first-order valence-electron chi connectivity index (χ1n) is 7.24. The summed E-state index contributed by atoms with van der Waals surface area (Å²) in [6, 6.07) is 3.48. The summed E-state index contributed by atoms with van der Waals surface area (Å²) in [7, 11) is 1.61. The molecule has 2 aromatic heterocycles. The third kappa shape index (κ3) is 2.94. The van der Waals surface area contributed by atoms with Crippen LogP contribution in [-0.4, -0.2) is 33.5 Å². The molecule has 0 spiro atoms. The summed E-state index contributed by atoms with van der Waals surface area (Å²) in [6.07, 6.45) is 6.83. The van der Waals surface area contributed by atoms with Crippen LogP contribution in [0.4, 0.5) is 5.69 Å². The molecule has 0 saturated carbocycles. The summed E-state index contributed by atoms with van der Waals surface area (Å²) in [4.78, 5) is 24.1. The maximum atomic E-state index is 12.2. The number of pyridine rings is 1. The van der Waals surface area contributed by atoms with E-state index in [0.29, 0.717) is 11.7 Å².